The first-order chi connectivity index (χ1) is 21.4. The Morgan fingerprint density at radius 2 is 1.41 bits per heavy atom. The standard InChI is InChI=1S/C37H36N4O3/c1-40(26-32(29-16-8-4-9-17-29)30-18-10-5-11-19-30)22-21-38-35(42)31-20-12-15-28(23-31)24-33-37(44)41(2)34(36(43)39-33)25-27-13-6-3-7-14-27/h3-20,23-25,32H,21-22,26H2,1-2H3,(H,38,42)(H,39,43)/b33-24-,34-25-. The molecule has 0 aliphatic carbocycles. The van der Waals surface area contributed by atoms with Gasteiger partial charge in [-0.3, -0.25) is 14.4 Å². The van der Waals surface area contributed by atoms with Crippen LogP contribution in [0.3, 0.4) is 0 Å². The molecule has 7 nitrogen and oxygen atoms in total. The van der Waals surface area contributed by atoms with Crippen LogP contribution in [0.15, 0.2) is 125 Å². The van der Waals surface area contributed by atoms with Gasteiger partial charge in [-0.1, -0.05) is 103 Å². The molecule has 0 unspecified atom stereocenters. The highest BCUT2D eigenvalue weighted by molar-refractivity contribution is 5.94. The van der Waals surface area contributed by atoms with Gasteiger partial charge in [-0.25, -0.2) is 0 Å². The normalized spacial score (nSPS) is 12.2. The molecule has 5 rings (SSSR count). The summed E-state index contributed by atoms with van der Waals surface area (Å²) in [6, 6.07) is 37.3. The largest absolute Gasteiger partial charge is 0.351 e. The summed E-state index contributed by atoms with van der Waals surface area (Å²) < 4.78 is 1.34. The number of hydrogen-bond donors (Lipinski definition) is 2. The molecule has 0 fully saturated rings. The lowest BCUT2D eigenvalue weighted by molar-refractivity contribution is 0.0949. The van der Waals surface area contributed by atoms with E-state index in [4.69, 9.17) is 0 Å². The number of aromatic amines is 1. The van der Waals surface area contributed by atoms with Crippen molar-refractivity contribution in [3.63, 3.8) is 0 Å². The lowest BCUT2D eigenvalue weighted by Crippen LogP contribution is -2.52. The Labute approximate surface area is 256 Å². The molecule has 44 heavy (non-hydrogen) atoms. The number of amides is 1. The maximum Gasteiger partial charge on any atom is 0.274 e. The lowest BCUT2D eigenvalue weighted by atomic mass is 9.91. The molecule has 0 spiro atoms. The molecule has 5 aromatic rings. The van der Waals surface area contributed by atoms with Crippen LogP contribution >= 0.6 is 0 Å². The summed E-state index contributed by atoms with van der Waals surface area (Å²) in [6.07, 6.45) is 3.27. The third-order valence-electron chi connectivity index (χ3n) is 7.62. The van der Waals surface area contributed by atoms with Crippen LogP contribution in [-0.2, 0) is 7.05 Å². The van der Waals surface area contributed by atoms with Crippen molar-refractivity contribution in [3.05, 3.63) is 174 Å². The second-order valence-electron chi connectivity index (χ2n) is 10.8. The Hall–Kier alpha value is -5.27. The van der Waals surface area contributed by atoms with Crippen LogP contribution in [0.5, 0.6) is 0 Å². The first kappa shape index (κ1) is 30.2. The summed E-state index contributed by atoms with van der Waals surface area (Å²) in [5, 5.41) is 3.42. The summed E-state index contributed by atoms with van der Waals surface area (Å²) in [5.41, 5.74) is 3.72. The molecule has 0 atom stereocenters. The van der Waals surface area contributed by atoms with E-state index >= 15 is 0 Å². The minimum absolute atomic E-state index is 0.147. The minimum Gasteiger partial charge on any atom is -0.351 e. The van der Waals surface area contributed by atoms with Crippen LogP contribution in [0, 0.1) is 0 Å². The summed E-state index contributed by atoms with van der Waals surface area (Å²) in [5.74, 6) is 0.0142. The molecule has 1 aromatic heterocycles. The number of rotatable bonds is 10. The molecule has 0 aliphatic heterocycles. The Balaban J connectivity index is 1.26. The zero-order chi connectivity index (χ0) is 30.9. The molecule has 222 valence electrons. The van der Waals surface area contributed by atoms with E-state index in [0.717, 1.165) is 12.1 Å². The van der Waals surface area contributed by atoms with Crippen molar-refractivity contribution in [1.29, 1.82) is 0 Å². The first-order valence-electron chi connectivity index (χ1n) is 14.6. The SMILES string of the molecule is CN(CCNC(=O)c1cccc(/C=c2\[nH]c(=O)/c(=C/c3ccccc3)n(C)c2=O)c1)CC(c1ccccc1)c1ccccc1. The number of hydrogen-bond acceptors (Lipinski definition) is 4. The predicted molar refractivity (Wildman–Crippen MR) is 176 cm³/mol. The topological polar surface area (TPSA) is 87.2 Å². The van der Waals surface area contributed by atoms with Gasteiger partial charge in [0.1, 0.15) is 10.7 Å². The van der Waals surface area contributed by atoms with E-state index < -0.39 is 0 Å². The van der Waals surface area contributed by atoms with Crippen molar-refractivity contribution in [2.45, 2.75) is 5.92 Å². The quantitative estimate of drug-likeness (QED) is 0.264. The number of H-pyrrole nitrogens is 1. The molecule has 1 amide bonds. The molecular weight excluding hydrogens is 548 g/mol. The van der Waals surface area contributed by atoms with Crippen LogP contribution in [0.2, 0.25) is 0 Å². The average Bonchev–Trinajstić information content (AvgIpc) is 3.06. The predicted octanol–water partition coefficient (Wildman–Crippen LogP) is 3.22. The number of aromatic nitrogens is 2. The molecule has 0 saturated heterocycles. The van der Waals surface area contributed by atoms with Gasteiger partial charge in [-0.05, 0) is 53.6 Å². The van der Waals surface area contributed by atoms with Crippen LogP contribution in [0.4, 0.5) is 0 Å². The molecule has 0 bridgehead atoms. The second-order valence-corrected chi connectivity index (χ2v) is 10.8. The highest BCUT2D eigenvalue weighted by Crippen LogP contribution is 2.25. The third-order valence-corrected chi connectivity index (χ3v) is 7.62. The van der Waals surface area contributed by atoms with E-state index in [1.807, 2.05) is 42.5 Å². The fraction of sp³-hybridized carbons (Fsp3) is 0.162. The van der Waals surface area contributed by atoms with E-state index in [0.29, 0.717) is 24.2 Å². The van der Waals surface area contributed by atoms with Gasteiger partial charge in [0, 0.05) is 38.2 Å². The van der Waals surface area contributed by atoms with Gasteiger partial charge < -0.3 is 19.8 Å². The van der Waals surface area contributed by atoms with Gasteiger partial charge >= 0.3 is 0 Å². The van der Waals surface area contributed by atoms with Gasteiger partial charge in [0.05, 0.1) is 0 Å². The van der Waals surface area contributed by atoms with Crippen LogP contribution in [-0.4, -0.2) is 47.0 Å². The van der Waals surface area contributed by atoms with Gasteiger partial charge in [0.25, 0.3) is 17.0 Å². The van der Waals surface area contributed by atoms with Gasteiger partial charge in [-0.15, -0.1) is 0 Å². The Bertz CT molecular complexity index is 1910. The summed E-state index contributed by atoms with van der Waals surface area (Å²) in [7, 11) is 3.64. The number of carbonyl (C=O) groups excluding carboxylic acids is 1. The van der Waals surface area contributed by atoms with Crippen molar-refractivity contribution in [2.24, 2.45) is 7.05 Å². The summed E-state index contributed by atoms with van der Waals surface area (Å²) in [6.45, 7) is 1.97. The first-order valence-corrected chi connectivity index (χ1v) is 14.6. The van der Waals surface area contributed by atoms with E-state index in [-0.39, 0.29) is 33.6 Å². The highest BCUT2D eigenvalue weighted by Gasteiger charge is 2.16. The smallest absolute Gasteiger partial charge is 0.274 e. The summed E-state index contributed by atoms with van der Waals surface area (Å²) >= 11 is 0. The average molecular weight is 585 g/mol. The Morgan fingerprint density at radius 1 is 0.818 bits per heavy atom. The van der Waals surface area contributed by atoms with Crippen molar-refractivity contribution < 1.29 is 4.79 Å². The monoisotopic (exact) mass is 584 g/mol. The molecule has 0 aliphatic rings. The molecular formula is C37H36N4O3. The van der Waals surface area contributed by atoms with Crippen molar-refractivity contribution in [3.8, 4) is 0 Å². The number of benzene rings is 4. The van der Waals surface area contributed by atoms with Crippen molar-refractivity contribution in [1.82, 2.24) is 19.8 Å². The maximum absolute atomic E-state index is 13.1. The zero-order valence-corrected chi connectivity index (χ0v) is 24.9. The van der Waals surface area contributed by atoms with E-state index in [9.17, 15) is 14.4 Å². The molecule has 4 aromatic carbocycles. The number of likely N-dealkylation sites (N-methyl/N-ethyl adjacent to an activating group) is 1. The van der Waals surface area contributed by atoms with Gasteiger partial charge in [0.15, 0.2) is 0 Å². The Morgan fingerprint density at radius 3 is 2.05 bits per heavy atom. The molecule has 1 heterocycles. The highest BCUT2D eigenvalue weighted by atomic mass is 16.2. The number of nitrogens with one attached hydrogen (secondary N) is 2. The van der Waals surface area contributed by atoms with Gasteiger partial charge in [0.2, 0.25) is 0 Å². The molecule has 7 heteroatoms. The maximum atomic E-state index is 13.1. The fourth-order valence-electron chi connectivity index (χ4n) is 5.23. The number of nitrogens with zero attached hydrogens (tertiary/aromatic N) is 2. The fourth-order valence-corrected chi connectivity index (χ4v) is 5.23. The Kier molecular flexibility index (Phi) is 9.79. The van der Waals surface area contributed by atoms with Crippen LogP contribution in [0.1, 0.15) is 38.5 Å². The molecule has 0 radical (unpaired) electrons. The van der Waals surface area contributed by atoms with Crippen LogP contribution < -0.4 is 27.1 Å². The number of carbonyl (C=O) groups is 1. The van der Waals surface area contributed by atoms with E-state index in [1.165, 1.54) is 15.7 Å². The third kappa shape index (κ3) is 7.56. The zero-order valence-electron chi connectivity index (χ0n) is 24.9. The van der Waals surface area contributed by atoms with E-state index in [2.05, 4.69) is 70.8 Å². The second kappa shape index (κ2) is 14.3. The molecule has 0 saturated carbocycles. The van der Waals surface area contributed by atoms with Crippen LogP contribution in [0.25, 0.3) is 12.2 Å². The van der Waals surface area contributed by atoms with E-state index in [1.54, 1.807) is 43.5 Å². The van der Waals surface area contributed by atoms with Crippen molar-refractivity contribution >= 4 is 18.1 Å². The molecule has 2 N–H and O–H groups in total. The minimum atomic E-state index is -0.373. The lowest BCUT2D eigenvalue weighted by Gasteiger charge is -2.25. The summed E-state index contributed by atoms with van der Waals surface area (Å²) in [4.78, 5) is 43.9. The van der Waals surface area contributed by atoms with Gasteiger partial charge in [-0.2, -0.15) is 0 Å². The van der Waals surface area contributed by atoms with Crippen molar-refractivity contribution in [2.75, 3.05) is 26.7 Å².